The second-order valence-corrected chi connectivity index (χ2v) is 6.13. The van der Waals surface area contributed by atoms with Crippen LogP contribution in [0.25, 0.3) is 0 Å². The average Bonchev–Trinajstić information content (AvgIpc) is 3.21. The first kappa shape index (κ1) is 15.7. The highest BCUT2D eigenvalue weighted by Crippen LogP contribution is 2.28. The van der Waals surface area contributed by atoms with Crippen molar-refractivity contribution in [2.75, 3.05) is 0 Å². The Morgan fingerprint density at radius 2 is 2.00 bits per heavy atom. The van der Waals surface area contributed by atoms with Crippen LogP contribution in [0.1, 0.15) is 60.1 Å². The van der Waals surface area contributed by atoms with Crippen molar-refractivity contribution in [3.05, 3.63) is 29.1 Å². The molecule has 1 saturated carbocycles. The maximum absolute atomic E-state index is 12.3. The summed E-state index contributed by atoms with van der Waals surface area (Å²) in [5.41, 5.74) is 0.385. The summed E-state index contributed by atoms with van der Waals surface area (Å²) in [7, 11) is 0. The smallest absolute Gasteiger partial charge is 0.273 e. The lowest BCUT2D eigenvalue weighted by Gasteiger charge is -2.12. The maximum atomic E-state index is 12.3. The third kappa shape index (κ3) is 3.60. The number of aromatic nitrogens is 3. The molecule has 7 nitrogen and oxygen atoms in total. The van der Waals surface area contributed by atoms with E-state index in [4.69, 9.17) is 8.83 Å². The van der Waals surface area contributed by atoms with Crippen molar-refractivity contribution in [2.24, 2.45) is 5.92 Å². The Morgan fingerprint density at radius 1 is 1.22 bits per heavy atom. The fourth-order valence-corrected chi connectivity index (χ4v) is 3.15. The van der Waals surface area contributed by atoms with Crippen LogP contribution < -0.4 is 5.32 Å². The highest BCUT2D eigenvalue weighted by molar-refractivity contribution is 5.93. The fourth-order valence-electron chi connectivity index (χ4n) is 3.15. The summed E-state index contributed by atoms with van der Waals surface area (Å²) in [4.78, 5) is 16.4. The van der Waals surface area contributed by atoms with Gasteiger partial charge in [-0.2, -0.15) is 0 Å². The van der Waals surface area contributed by atoms with Crippen LogP contribution in [-0.4, -0.2) is 27.1 Å². The molecule has 2 atom stereocenters. The molecule has 0 saturated heterocycles. The Labute approximate surface area is 134 Å². The summed E-state index contributed by atoms with van der Waals surface area (Å²) < 4.78 is 10.9. The van der Waals surface area contributed by atoms with E-state index in [9.17, 15) is 4.79 Å². The summed E-state index contributed by atoms with van der Waals surface area (Å²) in [5, 5.41) is 11.1. The summed E-state index contributed by atoms with van der Waals surface area (Å²) in [5.74, 6) is 2.76. The fraction of sp³-hybridized carbons (Fsp3) is 0.625. The number of hydrogen-bond acceptors (Lipinski definition) is 6. The van der Waals surface area contributed by atoms with Gasteiger partial charge in [0.2, 0.25) is 11.8 Å². The molecule has 0 aliphatic heterocycles. The SMILES string of the molecule is CCc1nnc(C[C@@H]2CC[C@H](NC(=O)c3nc(C)oc3C)C2)o1. The number of nitrogens with one attached hydrogen (secondary N) is 1. The third-order valence-electron chi connectivity index (χ3n) is 4.27. The Balaban J connectivity index is 1.53. The van der Waals surface area contributed by atoms with Crippen LogP contribution in [0.15, 0.2) is 8.83 Å². The van der Waals surface area contributed by atoms with Crippen molar-refractivity contribution >= 4 is 5.91 Å². The topological polar surface area (TPSA) is 94.1 Å². The van der Waals surface area contributed by atoms with Gasteiger partial charge in [0.15, 0.2) is 11.6 Å². The van der Waals surface area contributed by atoms with Crippen LogP contribution in [0.3, 0.4) is 0 Å². The molecule has 0 radical (unpaired) electrons. The Kier molecular flexibility index (Phi) is 4.45. The van der Waals surface area contributed by atoms with E-state index in [2.05, 4.69) is 20.5 Å². The molecule has 23 heavy (non-hydrogen) atoms. The zero-order chi connectivity index (χ0) is 16.4. The van der Waals surface area contributed by atoms with Crippen LogP contribution in [0.5, 0.6) is 0 Å². The molecular formula is C16H22N4O3. The second-order valence-electron chi connectivity index (χ2n) is 6.13. The van der Waals surface area contributed by atoms with E-state index in [1.807, 2.05) is 6.92 Å². The zero-order valence-corrected chi connectivity index (χ0v) is 13.8. The lowest BCUT2D eigenvalue weighted by Crippen LogP contribution is -2.33. The van der Waals surface area contributed by atoms with Crippen molar-refractivity contribution in [1.82, 2.24) is 20.5 Å². The molecule has 0 bridgehead atoms. The molecule has 7 heteroatoms. The Hall–Kier alpha value is -2.18. The molecule has 2 heterocycles. The molecule has 1 amide bonds. The normalized spacial score (nSPS) is 20.8. The van der Waals surface area contributed by atoms with Gasteiger partial charge >= 0.3 is 0 Å². The van der Waals surface area contributed by atoms with E-state index in [-0.39, 0.29) is 11.9 Å². The predicted octanol–water partition coefficient (Wildman–Crippen LogP) is 2.38. The summed E-state index contributed by atoms with van der Waals surface area (Å²) in [6.07, 6.45) is 4.46. The molecule has 2 aromatic rings. The van der Waals surface area contributed by atoms with Crippen LogP contribution in [-0.2, 0) is 12.8 Å². The lowest BCUT2D eigenvalue weighted by atomic mass is 10.0. The second kappa shape index (κ2) is 6.52. The quantitative estimate of drug-likeness (QED) is 0.909. The lowest BCUT2D eigenvalue weighted by molar-refractivity contribution is 0.0931. The van der Waals surface area contributed by atoms with Gasteiger partial charge in [0.1, 0.15) is 5.76 Å². The van der Waals surface area contributed by atoms with Crippen LogP contribution in [0, 0.1) is 19.8 Å². The number of aryl methyl sites for hydroxylation is 3. The molecule has 1 aliphatic rings. The first-order chi connectivity index (χ1) is 11.0. The molecule has 0 aromatic carbocycles. The zero-order valence-electron chi connectivity index (χ0n) is 13.8. The first-order valence-electron chi connectivity index (χ1n) is 8.11. The summed E-state index contributed by atoms with van der Waals surface area (Å²) in [6, 6.07) is 0.164. The van der Waals surface area contributed by atoms with Gasteiger partial charge < -0.3 is 14.2 Å². The van der Waals surface area contributed by atoms with Gasteiger partial charge in [0, 0.05) is 25.8 Å². The predicted molar refractivity (Wildman–Crippen MR) is 82.0 cm³/mol. The average molecular weight is 318 g/mol. The molecule has 0 unspecified atom stereocenters. The van der Waals surface area contributed by atoms with Gasteiger partial charge in [-0.15, -0.1) is 10.2 Å². The van der Waals surface area contributed by atoms with E-state index in [1.165, 1.54) is 0 Å². The molecule has 1 N–H and O–H groups in total. The molecule has 3 rings (SSSR count). The maximum Gasteiger partial charge on any atom is 0.273 e. The van der Waals surface area contributed by atoms with Gasteiger partial charge in [-0.05, 0) is 32.1 Å². The van der Waals surface area contributed by atoms with Gasteiger partial charge in [0.05, 0.1) is 0 Å². The molecular weight excluding hydrogens is 296 g/mol. The third-order valence-corrected chi connectivity index (χ3v) is 4.27. The van der Waals surface area contributed by atoms with Gasteiger partial charge in [0.25, 0.3) is 5.91 Å². The molecule has 124 valence electrons. The van der Waals surface area contributed by atoms with Crippen LogP contribution in [0.2, 0.25) is 0 Å². The Bertz CT molecular complexity index is 691. The number of amides is 1. The van der Waals surface area contributed by atoms with Crippen molar-refractivity contribution in [1.29, 1.82) is 0 Å². The van der Waals surface area contributed by atoms with Crippen molar-refractivity contribution in [2.45, 2.75) is 58.9 Å². The standard InChI is InChI=1S/C16H22N4O3/c1-4-13-19-20-14(23-13)8-11-5-6-12(7-11)18-16(21)15-9(2)22-10(3)17-15/h11-12H,4-8H2,1-3H3,(H,18,21)/t11-,12+/m1/s1. The van der Waals surface area contributed by atoms with Crippen molar-refractivity contribution in [3.8, 4) is 0 Å². The molecule has 1 aliphatic carbocycles. The van der Waals surface area contributed by atoms with Gasteiger partial charge in [-0.3, -0.25) is 4.79 Å². The van der Waals surface area contributed by atoms with Crippen LogP contribution in [0.4, 0.5) is 0 Å². The summed E-state index contributed by atoms with van der Waals surface area (Å²) in [6.45, 7) is 5.49. The van der Waals surface area contributed by atoms with E-state index in [1.54, 1.807) is 13.8 Å². The molecule has 2 aromatic heterocycles. The number of oxazole rings is 1. The number of nitrogens with zero attached hydrogens (tertiary/aromatic N) is 3. The first-order valence-corrected chi connectivity index (χ1v) is 8.11. The minimum absolute atomic E-state index is 0.156. The number of hydrogen-bond donors (Lipinski definition) is 1. The largest absolute Gasteiger partial charge is 0.445 e. The monoisotopic (exact) mass is 318 g/mol. The van der Waals surface area contributed by atoms with Crippen LogP contribution >= 0.6 is 0 Å². The minimum atomic E-state index is -0.156. The number of carbonyl (C=O) groups is 1. The molecule has 0 spiro atoms. The van der Waals surface area contributed by atoms with Gasteiger partial charge in [-0.25, -0.2) is 4.98 Å². The van der Waals surface area contributed by atoms with Gasteiger partial charge in [-0.1, -0.05) is 6.92 Å². The van der Waals surface area contributed by atoms with E-state index >= 15 is 0 Å². The number of rotatable bonds is 5. The molecule has 1 fully saturated rings. The highest BCUT2D eigenvalue weighted by atomic mass is 16.4. The highest BCUT2D eigenvalue weighted by Gasteiger charge is 2.28. The van der Waals surface area contributed by atoms with E-state index < -0.39 is 0 Å². The number of carbonyl (C=O) groups excluding carboxylic acids is 1. The van der Waals surface area contributed by atoms with Crippen molar-refractivity contribution < 1.29 is 13.6 Å². The Morgan fingerprint density at radius 3 is 2.65 bits per heavy atom. The summed E-state index contributed by atoms with van der Waals surface area (Å²) >= 11 is 0. The van der Waals surface area contributed by atoms with Crippen molar-refractivity contribution in [3.63, 3.8) is 0 Å². The van der Waals surface area contributed by atoms with E-state index in [0.717, 1.165) is 32.1 Å². The minimum Gasteiger partial charge on any atom is -0.445 e. The van der Waals surface area contributed by atoms with E-state index in [0.29, 0.717) is 35.0 Å².